The molecule has 0 spiro atoms. The first-order chi connectivity index (χ1) is 16.2. The molecule has 0 fully saturated rings. The first kappa shape index (κ1) is 26.9. The smallest absolute Gasteiger partial charge is 0.236 e. The summed E-state index contributed by atoms with van der Waals surface area (Å²) in [6, 6.07) is 39.5. The maximum absolute atomic E-state index is 10.1. The van der Waals surface area contributed by atoms with E-state index in [-0.39, 0.29) is 0 Å². The molecule has 0 amide bonds. The van der Waals surface area contributed by atoms with Gasteiger partial charge in [-0.25, -0.2) is 0 Å². The molecule has 1 atom stereocenters. The lowest BCUT2D eigenvalue weighted by Gasteiger charge is -2.08. The van der Waals surface area contributed by atoms with Crippen molar-refractivity contribution >= 4 is 48.1 Å². The summed E-state index contributed by atoms with van der Waals surface area (Å²) in [5.74, 6) is 0. The Bertz CT molecular complexity index is 825. The van der Waals surface area contributed by atoms with Crippen molar-refractivity contribution < 1.29 is 9.59 Å². The first-order valence-corrected chi connectivity index (χ1v) is 15.6. The molecule has 0 heterocycles. The second kappa shape index (κ2) is 16.3. The van der Waals surface area contributed by atoms with Crippen LogP contribution in [-0.4, -0.2) is 33.8 Å². The van der Waals surface area contributed by atoms with Crippen LogP contribution in [0.15, 0.2) is 121 Å². The van der Waals surface area contributed by atoms with Gasteiger partial charge in [-0.2, -0.15) is 0 Å². The van der Waals surface area contributed by atoms with Crippen LogP contribution in [0.3, 0.4) is 0 Å². The lowest BCUT2D eigenvalue weighted by molar-refractivity contribution is 0.599. The van der Waals surface area contributed by atoms with E-state index in [2.05, 4.69) is 16.2 Å². The topological polar surface area (TPSA) is 40.5 Å². The van der Waals surface area contributed by atoms with Crippen LogP contribution in [-0.2, 0) is 0 Å². The highest BCUT2D eigenvalue weighted by Crippen LogP contribution is 1.91. The van der Waals surface area contributed by atoms with Crippen LogP contribution in [0.4, 0.5) is 0 Å². The van der Waals surface area contributed by atoms with Crippen molar-refractivity contribution in [1.82, 2.24) is 0 Å². The Kier molecular flexibility index (Phi) is 13.3. The van der Waals surface area contributed by atoms with Crippen LogP contribution < -0.4 is 20.7 Å². The third-order valence-corrected chi connectivity index (χ3v) is 9.49. The second-order valence-electron chi connectivity index (χ2n) is 7.59. The van der Waals surface area contributed by atoms with Crippen molar-refractivity contribution in [3.63, 3.8) is 0 Å². The predicted octanol–water partition coefficient (Wildman–Crippen LogP) is 2.70. The Morgan fingerprint density at radius 2 is 0.758 bits per heavy atom. The van der Waals surface area contributed by atoms with Gasteiger partial charge in [0.2, 0.25) is 18.1 Å². The fourth-order valence-electron chi connectivity index (χ4n) is 3.13. The summed E-state index contributed by atoms with van der Waals surface area (Å²) in [5.41, 5.74) is 0. The van der Waals surface area contributed by atoms with E-state index in [9.17, 15) is 9.59 Å². The fraction of sp³-hybridized carbons (Fsp3) is 0.143. The van der Waals surface area contributed by atoms with E-state index in [4.69, 9.17) is 0 Å². The predicted molar refractivity (Wildman–Crippen MR) is 153 cm³/mol. The van der Waals surface area contributed by atoms with Gasteiger partial charge in [0.25, 0.3) is 0 Å². The van der Waals surface area contributed by atoms with Crippen molar-refractivity contribution in [1.29, 1.82) is 0 Å². The standard InChI is InChI=1S/2C12H12OSi.C4H11P/c2*13-14(11-7-3-1-4-8-11)12-9-5-2-6-10-12;1-2-3-4-5/h2*1-10,13-14H;2-5H2,1H3. The van der Waals surface area contributed by atoms with Gasteiger partial charge in [-0.1, -0.05) is 141 Å². The molecule has 4 aromatic carbocycles. The molecule has 0 saturated heterocycles. The highest BCUT2D eigenvalue weighted by atomic mass is 31.0. The molecule has 0 aliphatic heterocycles. The van der Waals surface area contributed by atoms with Gasteiger partial charge in [0, 0.05) is 0 Å². The maximum Gasteiger partial charge on any atom is 0.236 e. The first-order valence-electron chi connectivity index (χ1n) is 11.4. The SMILES string of the molecule is CCCCP.O[SiH](c1ccccc1)c1ccccc1.O[SiH](c1ccccc1)c1ccccc1. The number of benzene rings is 4. The number of rotatable bonds is 6. The molecule has 4 rings (SSSR count). The van der Waals surface area contributed by atoms with Gasteiger partial charge in [-0.3, -0.25) is 0 Å². The molecule has 0 bridgehead atoms. The quantitative estimate of drug-likeness (QED) is 0.322. The summed E-state index contributed by atoms with van der Waals surface area (Å²) in [6.45, 7) is 2.20. The Balaban J connectivity index is 0.000000195. The molecule has 0 saturated carbocycles. The molecular weight excluding hydrogens is 455 g/mol. The minimum Gasteiger partial charge on any atom is -0.426 e. The van der Waals surface area contributed by atoms with Crippen LogP contribution >= 0.6 is 9.24 Å². The van der Waals surface area contributed by atoms with Gasteiger partial charge in [0.1, 0.15) is 0 Å². The molecule has 4 aromatic rings. The summed E-state index contributed by atoms with van der Waals surface area (Å²) in [6.07, 6.45) is 3.94. The van der Waals surface area contributed by atoms with E-state index in [1.54, 1.807) is 0 Å². The van der Waals surface area contributed by atoms with Crippen LogP contribution in [0.2, 0.25) is 0 Å². The molecule has 5 heteroatoms. The number of hydrogen-bond donors (Lipinski definition) is 2. The Hall–Kier alpha value is -2.34. The largest absolute Gasteiger partial charge is 0.426 e. The summed E-state index contributed by atoms with van der Waals surface area (Å²) in [4.78, 5) is 20.3. The zero-order chi connectivity index (χ0) is 23.7. The van der Waals surface area contributed by atoms with E-state index in [0.29, 0.717) is 0 Å². The van der Waals surface area contributed by atoms with Crippen molar-refractivity contribution in [2.75, 3.05) is 6.16 Å². The highest BCUT2D eigenvalue weighted by molar-refractivity contribution is 7.16. The van der Waals surface area contributed by atoms with Crippen molar-refractivity contribution in [2.45, 2.75) is 19.8 Å². The lowest BCUT2D eigenvalue weighted by atomic mass is 10.4. The van der Waals surface area contributed by atoms with Crippen LogP contribution in [0.1, 0.15) is 19.8 Å². The maximum atomic E-state index is 10.1. The van der Waals surface area contributed by atoms with Gasteiger partial charge in [0.05, 0.1) is 0 Å². The number of hydrogen-bond acceptors (Lipinski definition) is 2. The van der Waals surface area contributed by atoms with Crippen LogP contribution in [0.25, 0.3) is 0 Å². The Labute approximate surface area is 204 Å². The molecule has 1 unspecified atom stereocenters. The van der Waals surface area contributed by atoms with Crippen molar-refractivity contribution in [3.8, 4) is 0 Å². The Morgan fingerprint density at radius 1 is 0.515 bits per heavy atom. The molecule has 0 aliphatic rings. The van der Waals surface area contributed by atoms with Crippen molar-refractivity contribution in [3.05, 3.63) is 121 Å². The van der Waals surface area contributed by atoms with E-state index < -0.39 is 18.1 Å². The highest BCUT2D eigenvalue weighted by Gasteiger charge is 2.12. The van der Waals surface area contributed by atoms with E-state index in [1.165, 1.54) is 19.0 Å². The minimum atomic E-state index is -1.92. The monoisotopic (exact) mass is 490 g/mol. The molecule has 33 heavy (non-hydrogen) atoms. The van der Waals surface area contributed by atoms with Gasteiger partial charge >= 0.3 is 0 Å². The molecule has 2 nitrogen and oxygen atoms in total. The molecule has 0 aromatic heterocycles. The summed E-state index contributed by atoms with van der Waals surface area (Å²) in [7, 11) is -1.14. The second-order valence-corrected chi connectivity index (χ2v) is 12.4. The van der Waals surface area contributed by atoms with E-state index >= 15 is 0 Å². The summed E-state index contributed by atoms with van der Waals surface area (Å²) in [5, 5.41) is 4.27. The zero-order valence-electron chi connectivity index (χ0n) is 19.3. The fourth-order valence-corrected chi connectivity index (χ4v) is 6.66. The van der Waals surface area contributed by atoms with Gasteiger partial charge in [-0.05, 0) is 26.9 Å². The molecule has 2 N–H and O–H groups in total. The number of unbranched alkanes of at least 4 members (excludes halogenated alkanes) is 1. The molecule has 172 valence electrons. The van der Waals surface area contributed by atoms with E-state index in [1.807, 2.05) is 121 Å². The molecule has 0 radical (unpaired) electrons. The van der Waals surface area contributed by atoms with E-state index in [0.717, 1.165) is 20.7 Å². The Morgan fingerprint density at radius 3 is 0.909 bits per heavy atom. The summed E-state index contributed by atoms with van der Waals surface area (Å²) >= 11 is 0. The third-order valence-electron chi connectivity index (χ3n) is 5.02. The van der Waals surface area contributed by atoms with Crippen LogP contribution in [0, 0.1) is 0 Å². The van der Waals surface area contributed by atoms with Crippen LogP contribution in [0.5, 0.6) is 0 Å². The minimum absolute atomic E-state index is 1.07. The molecular formula is C28H35O2PSi2. The summed E-state index contributed by atoms with van der Waals surface area (Å²) < 4.78 is 0. The van der Waals surface area contributed by atoms with Gasteiger partial charge in [-0.15, -0.1) is 9.24 Å². The third kappa shape index (κ3) is 9.99. The average Bonchev–Trinajstić information content (AvgIpc) is 2.91. The zero-order valence-corrected chi connectivity index (χ0v) is 22.8. The normalized spacial score (nSPS) is 10.1. The van der Waals surface area contributed by atoms with Gasteiger partial charge < -0.3 is 9.59 Å². The lowest BCUT2D eigenvalue weighted by Crippen LogP contribution is -2.41. The molecule has 0 aliphatic carbocycles. The van der Waals surface area contributed by atoms with Gasteiger partial charge in [0.15, 0.2) is 0 Å². The van der Waals surface area contributed by atoms with Crippen molar-refractivity contribution in [2.24, 2.45) is 0 Å². The average molecular weight is 491 g/mol.